The molecule has 0 radical (unpaired) electrons. The highest BCUT2D eigenvalue weighted by molar-refractivity contribution is 5.76. The van der Waals surface area contributed by atoms with Gasteiger partial charge in [0.2, 0.25) is 5.91 Å². The van der Waals surface area contributed by atoms with Crippen molar-refractivity contribution in [2.24, 2.45) is 5.92 Å². The number of nitrogens with one attached hydrogen (secondary N) is 1. The molecule has 0 aromatic heterocycles. The number of likely N-dealkylation sites (tertiary alicyclic amines) is 1. The molecule has 1 unspecified atom stereocenters. The van der Waals surface area contributed by atoms with Gasteiger partial charge in [0, 0.05) is 32.0 Å². The van der Waals surface area contributed by atoms with E-state index in [9.17, 15) is 9.59 Å². The van der Waals surface area contributed by atoms with Gasteiger partial charge in [0.1, 0.15) is 0 Å². The minimum absolute atomic E-state index is 0.134. The van der Waals surface area contributed by atoms with Crippen molar-refractivity contribution < 1.29 is 14.7 Å². The number of amides is 1. The van der Waals surface area contributed by atoms with Crippen LogP contribution in [0.5, 0.6) is 0 Å². The van der Waals surface area contributed by atoms with Crippen LogP contribution in [0, 0.1) is 5.92 Å². The van der Waals surface area contributed by atoms with Crippen LogP contribution in [0.4, 0.5) is 0 Å². The van der Waals surface area contributed by atoms with Crippen molar-refractivity contribution in [3.8, 4) is 0 Å². The number of aliphatic carboxylic acids is 1. The zero-order chi connectivity index (χ0) is 12.3. The van der Waals surface area contributed by atoms with Crippen molar-refractivity contribution in [3.63, 3.8) is 0 Å². The Labute approximate surface area is 101 Å². The second-order valence-corrected chi connectivity index (χ2v) is 5.14. The fraction of sp³-hybridized carbons (Fsp3) is 0.833. The van der Waals surface area contributed by atoms with E-state index in [0.717, 1.165) is 38.9 Å². The molecule has 0 spiro atoms. The largest absolute Gasteiger partial charge is 0.481 e. The third kappa shape index (κ3) is 4.34. The molecule has 0 bridgehead atoms. The Morgan fingerprint density at radius 1 is 1.29 bits per heavy atom. The summed E-state index contributed by atoms with van der Waals surface area (Å²) in [5.74, 6) is -0.323. The molecule has 1 saturated carbocycles. The molecule has 2 rings (SSSR count). The molecule has 0 aromatic carbocycles. The third-order valence-corrected chi connectivity index (χ3v) is 3.43. The molecule has 2 fully saturated rings. The molecule has 17 heavy (non-hydrogen) atoms. The highest BCUT2D eigenvalue weighted by atomic mass is 16.4. The molecular weight excluding hydrogens is 220 g/mol. The average Bonchev–Trinajstić information content (AvgIpc) is 2.94. The second-order valence-electron chi connectivity index (χ2n) is 5.14. The number of carboxylic acid groups (broad SMARTS) is 1. The molecular formula is C12H20N2O3. The van der Waals surface area contributed by atoms with Crippen molar-refractivity contribution >= 4 is 11.9 Å². The van der Waals surface area contributed by atoms with Crippen LogP contribution < -0.4 is 5.32 Å². The number of carbonyl (C=O) groups excluding carboxylic acids is 1. The monoisotopic (exact) mass is 240 g/mol. The van der Waals surface area contributed by atoms with Crippen LogP contribution >= 0.6 is 0 Å². The number of carbonyl (C=O) groups is 2. The summed E-state index contributed by atoms with van der Waals surface area (Å²) >= 11 is 0. The summed E-state index contributed by atoms with van der Waals surface area (Å²) in [7, 11) is 0. The maximum absolute atomic E-state index is 11.5. The lowest BCUT2D eigenvalue weighted by Crippen LogP contribution is -2.31. The molecule has 5 heteroatoms. The Bertz CT molecular complexity index is 302. The Morgan fingerprint density at radius 2 is 2.06 bits per heavy atom. The normalized spacial score (nSPS) is 24.8. The first-order chi connectivity index (χ1) is 8.13. The topological polar surface area (TPSA) is 69.6 Å². The lowest BCUT2D eigenvalue weighted by Gasteiger charge is -2.15. The summed E-state index contributed by atoms with van der Waals surface area (Å²) in [4.78, 5) is 24.2. The summed E-state index contributed by atoms with van der Waals surface area (Å²) in [5, 5.41) is 11.7. The Hall–Kier alpha value is -1.10. The van der Waals surface area contributed by atoms with Gasteiger partial charge in [-0.05, 0) is 31.7 Å². The van der Waals surface area contributed by atoms with Crippen molar-refractivity contribution in [2.75, 3.05) is 19.6 Å². The van der Waals surface area contributed by atoms with Gasteiger partial charge in [-0.3, -0.25) is 9.59 Å². The smallest absolute Gasteiger partial charge is 0.303 e. The van der Waals surface area contributed by atoms with Crippen molar-refractivity contribution in [1.29, 1.82) is 0 Å². The van der Waals surface area contributed by atoms with Crippen LogP contribution in [0.3, 0.4) is 0 Å². The van der Waals surface area contributed by atoms with E-state index in [1.165, 1.54) is 0 Å². The standard InChI is InChI=1S/C12H20N2O3/c15-11(13-10-1-2-10)4-6-14-5-3-9(8-14)7-12(16)17/h9-10H,1-8H2,(H,13,15)(H,16,17). The average molecular weight is 240 g/mol. The SMILES string of the molecule is O=C(O)CC1CCN(CCC(=O)NC2CC2)C1. The first-order valence-electron chi connectivity index (χ1n) is 6.37. The molecule has 1 atom stereocenters. The van der Waals surface area contributed by atoms with Gasteiger partial charge < -0.3 is 15.3 Å². The van der Waals surface area contributed by atoms with E-state index < -0.39 is 5.97 Å². The van der Waals surface area contributed by atoms with Crippen LogP contribution in [0.15, 0.2) is 0 Å². The van der Waals surface area contributed by atoms with E-state index in [0.29, 0.717) is 12.5 Å². The number of rotatable bonds is 6. The first-order valence-corrected chi connectivity index (χ1v) is 6.37. The summed E-state index contributed by atoms with van der Waals surface area (Å²) in [6.07, 6.45) is 3.98. The fourth-order valence-electron chi connectivity index (χ4n) is 2.32. The summed E-state index contributed by atoms with van der Waals surface area (Å²) in [6, 6.07) is 0.431. The van der Waals surface area contributed by atoms with Gasteiger partial charge in [0.05, 0.1) is 0 Å². The van der Waals surface area contributed by atoms with E-state index in [1.54, 1.807) is 0 Å². The predicted molar refractivity (Wildman–Crippen MR) is 62.6 cm³/mol. The molecule has 1 aliphatic heterocycles. The molecule has 1 amide bonds. The highest BCUT2D eigenvalue weighted by Crippen LogP contribution is 2.20. The van der Waals surface area contributed by atoms with E-state index in [2.05, 4.69) is 10.2 Å². The molecule has 2 N–H and O–H groups in total. The van der Waals surface area contributed by atoms with Crippen molar-refractivity contribution in [1.82, 2.24) is 10.2 Å². The highest BCUT2D eigenvalue weighted by Gasteiger charge is 2.26. The maximum atomic E-state index is 11.5. The van der Waals surface area contributed by atoms with E-state index in [-0.39, 0.29) is 18.2 Å². The lowest BCUT2D eigenvalue weighted by molar-refractivity contribution is -0.138. The van der Waals surface area contributed by atoms with Gasteiger partial charge >= 0.3 is 5.97 Å². The minimum Gasteiger partial charge on any atom is -0.481 e. The summed E-state index contributed by atoms with van der Waals surface area (Å²) in [6.45, 7) is 2.51. The molecule has 1 aliphatic carbocycles. The van der Waals surface area contributed by atoms with E-state index in [4.69, 9.17) is 5.11 Å². The van der Waals surface area contributed by atoms with E-state index >= 15 is 0 Å². The molecule has 2 aliphatic rings. The van der Waals surface area contributed by atoms with Gasteiger partial charge in [0.25, 0.3) is 0 Å². The minimum atomic E-state index is -0.719. The predicted octanol–water partition coefficient (Wildman–Crippen LogP) is 0.452. The van der Waals surface area contributed by atoms with Crippen LogP contribution in [0.1, 0.15) is 32.1 Å². The quantitative estimate of drug-likeness (QED) is 0.707. The Morgan fingerprint density at radius 3 is 2.71 bits per heavy atom. The van der Waals surface area contributed by atoms with Gasteiger partial charge in [0.15, 0.2) is 0 Å². The molecule has 1 heterocycles. The number of hydrogen-bond acceptors (Lipinski definition) is 3. The van der Waals surface area contributed by atoms with Crippen LogP contribution in [0.2, 0.25) is 0 Å². The lowest BCUT2D eigenvalue weighted by atomic mass is 10.1. The summed E-state index contributed by atoms with van der Waals surface area (Å²) < 4.78 is 0. The van der Waals surface area contributed by atoms with Crippen LogP contribution in [0.25, 0.3) is 0 Å². The van der Waals surface area contributed by atoms with Crippen LogP contribution in [-0.2, 0) is 9.59 Å². The Balaban J connectivity index is 1.60. The van der Waals surface area contributed by atoms with Gasteiger partial charge in [-0.1, -0.05) is 0 Å². The second kappa shape index (κ2) is 5.49. The van der Waals surface area contributed by atoms with Gasteiger partial charge in [-0.25, -0.2) is 0 Å². The van der Waals surface area contributed by atoms with Crippen molar-refractivity contribution in [3.05, 3.63) is 0 Å². The van der Waals surface area contributed by atoms with Gasteiger partial charge in [-0.2, -0.15) is 0 Å². The molecule has 0 aromatic rings. The van der Waals surface area contributed by atoms with Crippen LogP contribution in [-0.4, -0.2) is 47.6 Å². The molecule has 1 saturated heterocycles. The number of carboxylic acids is 1. The van der Waals surface area contributed by atoms with E-state index in [1.807, 2.05) is 0 Å². The number of nitrogens with zero attached hydrogens (tertiary/aromatic N) is 1. The zero-order valence-corrected chi connectivity index (χ0v) is 10.0. The zero-order valence-electron chi connectivity index (χ0n) is 10.0. The fourth-order valence-corrected chi connectivity index (χ4v) is 2.32. The van der Waals surface area contributed by atoms with Crippen molar-refractivity contribution in [2.45, 2.75) is 38.1 Å². The Kier molecular flexibility index (Phi) is 3.99. The van der Waals surface area contributed by atoms with Gasteiger partial charge in [-0.15, -0.1) is 0 Å². The number of hydrogen-bond donors (Lipinski definition) is 2. The molecule has 5 nitrogen and oxygen atoms in total. The third-order valence-electron chi connectivity index (χ3n) is 3.43. The molecule has 96 valence electrons. The maximum Gasteiger partial charge on any atom is 0.303 e. The first kappa shape index (κ1) is 12.4. The summed E-state index contributed by atoms with van der Waals surface area (Å²) in [5.41, 5.74) is 0.